The van der Waals surface area contributed by atoms with Crippen LogP contribution in [0.5, 0.6) is 0 Å². The van der Waals surface area contributed by atoms with Gasteiger partial charge in [-0.25, -0.2) is 0 Å². The number of rotatable bonds is 6. The Bertz CT molecular complexity index is 1540. The summed E-state index contributed by atoms with van der Waals surface area (Å²) in [6, 6.07) is 31.9. The number of hydrogen-bond donors (Lipinski definition) is 2. The van der Waals surface area contributed by atoms with E-state index in [9.17, 15) is 14.4 Å². The molecule has 0 saturated carbocycles. The van der Waals surface area contributed by atoms with Crippen LogP contribution in [-0.2, 0) is 4.79 Å². The lowest BCUT2D eigenvalue weighted by molar-refractivity contribution is -0.119. The predicted octanol–water partition coefficient (Wildman–Crippen LogP) is 6.18. The molecule has 0 aromatic heterocycles. The first-order valence-corrected chi connectivity index (χ1v) is 12.9. The van der Waals surface area contributed by atoms with Crippen LogP contribution in [0.2, 0.25) is 0 Å². The zero-order chi connectivity index (χ0) is 27.2. The summed E-state index contributed by atoms with van der Waals surface area (Å²) in [5.41, 5.74) is 6.09. The van der Waals surface area contributed by atoms with Crippen LogP contribution in [0.3, 0.4) is 0 Å². The van der Waals surface area contributed by atoms with Gasteiger partial charge in [0.1, 0.15) is 0 Å². The highest BCUT2D eigenvalue weighted by atomic mass is 16.2. The van der Waals surface area contributed by atoms with E-state index in [0.29, 0.717) is 29.8 Å². The van der Waals surface area contributed by atoms with Crippen LogP contribution in [0.4, 0.5) is 11.4 Å². The van der Waals surface area contributed by atoms with E-state index in [1.165, 1.54) is 0 Å². The molecule has 4 aromatic rings. The molecule has 0 bridgehead atoms. The average molecular weight is 516 g/mol. The smallest absolute Gasteiger partial charge is 0.258 e. The van der Waals surface area contributed by atoms with Crippen LogP contribution in [-0.4, -0.2) is 31.3 Å². The van der Waals surface area contributed by atoms with Crippen molar-refractivity contribution >= 4 is 34.7 Å². The summed E-state index contributed by atoms with van der Waals surface area (Å²) in [6.45, 7) is 0.502. The lowest BCUT2D eigenvalue weighted by Crippen LogP contribution is -2.31. The summed E-state index contributed by atoms with van der Waals surface area (Å²) in [5, 5.41) is 5.63. The Balaban J connectivity index is 1.34. The van der Waals surface area contributed by atoms with Crippen LogP contribution < -0.4 is 15.5 Å². The number of benzene rings is 4. The Kier molecular flexibility index (Phi) is 7.64. The predicted molar refractivity (Wildman–Crippen MR) is 156 cm³/mol. The molecule has 1 aliphatic rings. The minimum absolute atomic E-state index is 0.0696. The number of hydrogen-bond acceptors (Lipinski definition) is 3. The minimum Gasteiger partial charge on any atom is -0.359 e. The lowest BCUT2D eigenvalue weighted by atomic mass is 9.99. The number of amides is 3. The first kappa shape index (κ1) is 25.7. The van der Waals surface area contributed by atoms with Gasteiger partial charge in [0.25, 0.3) is 11.8 Å². The van der Waals surface area contributed by atoms with Crippen molar-refractivity contribution in [3.63, 3.8) is 0 Å². The first-order chi connectivity index (χ1) is 19.0. The molecule has 1 aliphatic heterocycles. The molecule has 0 radical (unpaired) electrons. The van der Waals surface area contributed by atoms with Gasteiger partial charge in [0.15, 0.2) is 0 Å². The molecule has 6 nitrogen and oxygen atoms in total. The second-order valence-electron chi connectivity index (χ2n) is 9.29. The lowest BCUT2D eigenvalue weighted by Gasteiger charge is -2.24. The van der Waals surface area contributed by atoms with Gasteiger partial charge in [-0.15, -0.1) is 0 Å². The van der Waals surface area contributed by atoms with Gasteiger partial charge in [0.2, 0.25) is 5.91 Å². The summed E-state index contributed by atoms with van der Waals surface area (Å²) in [4.78, 5) is 40.6. The van der Waals surface area contributed by atoms with Crippen molar-refractivity contribution < 1.29 is 14.4 Å². The van der Waals surface area contributed by atoms with Gasteiger partial charge in [-0.3, -0.25) is 14.4 Å². The van der Waals surface area contributed by atoms with Gasteiger partial charge in [-0.1, -0.05) is 72.8 Å². The first-order valence-electron chi connectivity index (χ1n) is 12.9. The van der Waals surface area contributed by atoms with Crippen LogP contribution >= 0.6 is 0 Å². The third-order valence-corrected chi connectivity index (χ3v) is 6.81. The number of anilines is 2. The number of nitrogens with one attached hydrogen (secondary N) is 2. The zero-order valence-corrected chi connectivity index (χ0v) is 21.7. The van der Waals surface area contributed by atoms with Crippen molar-refractivity contribution in [3.05, 3.63) is 126 Å². The third-order valence-electron chi connectivity index (χ3n) is 6.81. The van der Waals surface area contributed by atoms with Crippen LogP contribution in [0.25, 0.3) is 16.7 Å². The molecular formula is C33H29N3O3. The molecule has 4 aromatic carbocycles. The van der Waals surface area contributed by atoms with E-state index >= 15 is 0 Å². The van der Waals surface area contributed by atoms with E-state index in [1.807, 2.05) is 78.9 Å². The molecule has 2 N–H and O–H groups in total. The van der Waals surface area contributed by atoms with Crippen molar-refractivity contribution in [3.8, 4) is 11.1 Å². The second kappa shape index (κ2) is 11.6. The van der Waals surface area contributed by atoms with Crippen LogP contribution in [0.1, 0.15) is 39.1 Å². The Labute approximate surface area is 228 Å². The molecule has 1 heterocycles. The number of carbonyl (C=O) groups is 3. The van der Waals surface area contributed by atoms with E-state index in [4.69, 9.17) is 0 Å². The van der Waals surface area contributed by atoms with Gasteiger partial charge in [-0.05, 0) is 59.5 Å². The van der Waals surface area contributed by atoms with E-state index in [1.54, 1.807) is 42.3 Å². The highest BCUT2D eigenvalue weighted by Gasteiger charge is 2.24. The Morgan fingerprint density at radius 1 is 0.769 bits per heavy atom. The maximum Gasteiger partial charge on any atom is 0.258 e. The molecule has 6 heteroatoms. The Morgan fingerprint density at radius 2 is 1.44 bits per heavy atom. The maximum absolute atomic E-state index is 13.6. The highest BCUT2D eigenvalue weighted by molar-refractivity contribution is 6.10. The summed E-state index contributed by atoms with van der Waals surface area (Å²) >= 11 is 0. The molecule has 0 unspecified atom stereocenters. The van der Waals surface area contributed by atoms with Gasteiger partial charge < -0.3 is 15.5 Å². The van der Waals surface area contributed by atoms with Crippen molar-refractivity contribution in [2.45, 2.75) is 12.8 Å². The topological polar surface area (TPSA) is 78.5 Å². The molecular weight excluding hydrogens is 486 g/mol. The average Bonchev–Trinajstić information content (AvgIpc) is 3.17. The zero-order valence-electron chi connectivity index (χ0n) is 21.7. The SMILES string of the molecule is CNC(=O)CC1=CCCN(C(=O)c2ccc(NC(=O)c3ccccc3-c3ccccc3)cc2)c2ccccc21. The summed E-state index contributed by atoms with van der Waals surface area (Å²) < 4.78 is 0. The quantitative estimate of drug-likeness (QED) is 0.322. The minimum atomic E-state index is -0.218. The van der Waals surface area contributed by atoms with Gasteiger partial charge in [0.05, 0.1) is 12.1 Å². The number of para-hydroxylation sites is 1. The van der Waals surface area contributed by atoms with E-state index in [0.717, 1.165) is 28.0 Å². The molecule has 0 fully saturated rings. The van der Waals surface area contributed by atoms with E-state index < -0.39 is 0 Å². The fourth-order valence-corrected chi connectivity index (χ4v) is 4.82. The number of nitrogens with zero attached hydrogens (tertiary/aromatic N) is 1. The number of carbonyl (C=O) groups excluding carboxylic acids is 3. The van der Waals surface area contributed by atoms with Crippen molar-refractivity contribution in [1.29, 1.82) is 0 Å². The standard InChI is InChI=1S/C33H29N3O3/c1-34-31(37)22-25-12-9-21-36(30-16-8-7-14-28(25)30)33(39)24-17-19-26(20-18-24)35-32(38)29-15-6-5-13-27(29)23-10-3-2-4-11-23/h2-8,10-20H,9,21-22H2,1H3,(H,34,37)(H,35,38). The summed E-state index contributed by atoms with van der Waals surface area (Å²) in [7, 11) is 1.62. The maximum atomic E-state index is 13.6. The van der Waals surface area contributed by atoms with Gasteiger partial charge in [-0.2, -0.15) is 0 Å². The molecule has 39 heavy (non-hydrogen) atoms. The van der Waals surface area contributed by atoms with Crippen LogP contribution in [0.15, 0.2) is 109 Å². The van der Waals surface area contributed by atoms with Crippen molar-refractivity contribution in [1.82, 2.24) is 5.32 Å². The molecule has 5 rings (SSSR count). The summed E-state index contributed by atoms with van der Waals surface area (Å²) in [5.74, 6) is -0.422. The molecule has 194 valence electrons. The molecule has 0 saturated heterocycles. The molecule has 0 aliphatic carbocycles. The Hall–Kier alpha value is -4.97. The second-order valence-corrected chi connectivity index (χ2v) is 9.29. The summed E-state index contributed by atoms with van der Waals surface area (Å²) in [6.07, 6.45) is 2.94. The van der Waals surface area contributed by atoms with Crippen LogP contribution in [0, 0.1) is 0 Å². The van der Waals surface area contributed by atoms with Gasteiger partial charge >= 0.3 is 0 Å². The van der Waals surface area contributed by atoms with Crippen molar-refractivity contribution in [2.24, 2.45) is 0 Å². The highest BCUT2D eigenvalue weighted by Crippen LogP contribution is 2.33. The third kappa shape index (κ3) is 5.65. The van der Waals surface area contributed by atoms with Crippen molar-refractivity contribution in [2.75, 3.05) is 23.8 Å². The Morgan fingerprint density at radius 3 is 2.18 bits per heavy atom. The number of fused-ring (bicyclic) bond motifs is 1. The molecule has 0 spiro atoms. The molecule has 0 atom stereocenters. The van der Waals surface area contributed by atoms with E-state index in [-0.39, 0.29) is 24.1 Å². The van der Waals surface area contributed by atoms with Gasteiger partial charge in [0, 0.05) is 36.0 Å². The normalized spacial score (nSPS) is 12.5. The fourth-order valence-electron chi connectivity index (χ4n) is 4.82. The van der Waals surface area contributed by atoms with E-state index in [2.05, 4.69) is 10.6 Å². The molecule has 3 amide bonds. The monoisotopic (exact) mass is 515 g/mol. The largest absolute Gasteiger partial charge is 0.359 e. The fraction of sp³-hybridized carbons (Fsp3) is 0.121.